The van der Waals surface area contributed by atoms with Crippen molar-refractivity contribution in [1.29, 1.82) is 0 Å². The lowest BCUT2D eigenvalue weighted by atomic mass is 10.0. The number of ether oxygens (including phenoxy) is 1. The minimum Gasteiger partial charge on any atom is -0.370 e. The SMILES string of the molecule is Cc1nc2c(c(N3CCOC(c4ccc(F)cc4)C3)n1)CCNC2=O. The van der Waals surface area contributed by atoms with Crippen LogP contribution in [-0.2, 0) is 11.2 Å². The van der Waals surface area contributed by atoms with Crippen LogP contribution in [0.4, 0.5) is 10.2 Å². The highest BCUT2D eigenvalue weighted by molar-refractivity contribution is 5.96. The van der Waals surface area contributed by atoms with E-state index in [1.54, 1.807) is 19.1 Å². The molecular weight excluding hydrogens is 323 g/mol. The number of morpholine rings is 1. The molecule has 1 saturated heterocycles. The molecule has 1 N–H and O–H groups in total. The second-order valence-corrected chi connectivity index (χ2v) is 6.28. The number of fused-ring (bicyclic) bond motifs is 1. The summed E-state index contributed by atoms with van der Waals surface area (Å²) >= 11 is 0. The first-order valence-electron chi connectivity index (χ1n) is 8.39. The Bertz CT molecular complexity index is 809. The molecule has 2 aliphatic rings. The van der Waals surface area contributed by atoms with Crippen LogP contribution < -0.4 is 10.2 Å². The summed E-state index contributed by atoms with van der Waals surface area (Å²) in [7, 11) is 0. The molecular formula is C18H19FN4O2. The molecule has 2 aliphatic heterocycles. The molecule has 0 radical (unpaired) electrons. The van der Waals surface area contributed by atoms with Crippen LogP contribution in [0.15, 0.2) is 24.3 Å². The summed E-state index contributed by atoms with van der Waals surface area (Å²) in [4.78, 5) is 23.2. The number of carbonyl (C=O) groups excluding carboxylic acids is 1. The molecule has 130 valence electrons. The summed E-state index contributed by atoms with van der Waals surface area (Å²) in [6, 6.07) is 6.38. The monoisotopic (exact) mass is 342 g/mol. The van der Waals surface area contributed by atoms with E-state index in [9.17, 15) is 9.18 Å². The molecule has 1 atom stereocenters. The summed E-state index contributed by atoms with van der Waals surface area (Å²) in [6.07, 6.45) is 0.563. The molecule has 4 rings (SSSR count). The van der Waals surface area contributed by atoms with Crippen molar-refractivity contribution in [2.24, 2.45) is 0 Å². The van der Waals surface area contributed by atoms with E-state index in [4.69, 9.17) is 4.74 Å². The van der Waals surface area contributed by atoms with Gasteiger partial charge in [-0.05, 0) is 31.0 Å². The van der Waals surface area contributed by atoms with Crippen molar-refractivity contribution in [3.63, 3.8) is 0 Å². The molecule has 0 spiro atoms. The molecule has 1 aromatic carbocycles. The van der Waals surface area contributed by atoms with Gasteiger partial charge in [-0.15, -0.1) is 0 Å². The first-order chi connectivity index (χ1) is 12.1. The highest BCUT2D eigenvalue weighted by Crippen LogP contribution is 2.29. The van der Waals surface area contributed by atoms with Crippen molar-refractivity contribution in [2.75, 3.05) is 31.1 Å². The Hall–Kier alpha value is -2.54. The smallest absolute Gasteiger partial charge is 0.270 e. The molecule has 0 aliphatic carbocycles. The quantitative estimate of drug-likeness (QED) is 0.901. The average molecular weight is 342 g/mol. The van der Waals surface area contributed by atoms with Crippen LogP contribution in [0.1, 0.15) is 33.5 Å². The molecule has 1 unspecified atom stereocenters. The van der Waals surface area contributed by atoms with E-state index in [0.29, 0.717) is 37.8 Å². The van der Waals surface area contributed by atoms with Crippen LogP contribution in [0, 0.1) is 12.7 Å². The van der Waals surface area contributed by atoms with Gasteiger partial charge in [0.2, 0.25) is 0 Å². The number of benzene rings is 1. The van der Waals surface area contributed by atoms with Gasteiger partial charge < -0.3 is 15.0 Å². The fraction of sp³-hybridized carbons (Fsp3) is 0.389. The van der Waals surface area contributed by atoms with Gasteiger partial charge in [-0.25, -0.2) is 14.4 Å². The molecule has 7 heteroatoms. The molecule has 1 amide bonds. The van der Waals surface area contributed by atoms with E-state index in [1.807, 2.05) is 0 Å². The Labute approximate surface area is 145 Å². The van der Waals surface area contributed by atoms with Crippen molar-refractivity contribution in [3.8, 4) is 0 Å². The predicted molar refractivity (Wildman–Crippen MR) is 90.1 cm³/mol. The van der Waals surface area contributed by atoms with Crippen molar-refractivity contribution >= 4 is 11.7 Å². The number of aromatic nitrogens is 2. The Balaban J connectivity index is 1.65. The molecule has 0 bridgehead atoms. The van der Waals surface area contributed by atoms with Gasteiger partial charge in [0.1, 0.15) is 29.3 Å². The number of amides is 1. The lowest BCUT2D eigenvalue weighted by Gasteiger charge is -2.35. The number of anilines is 1. The highest BCUT2D eigenvalue weighted by atomic mass is 19.1. The van der Waals surface area contributed by atoms with Gasteiger partial charge in [0, 0.05) is 25.2 Å². The number of halogens is 1. The number of carbonyl (C=O) groups is 1. The summed E-state index contributed by atoms with van der Waals surface area (Å²) in [6.45, 7) is 4.24. The minimum absolute atomic E-state index is 0.142. The third-order valence-electron chi connectivity index (χ3n) is 4.58. The summed E-state index contributed by atoms with van der Waals surface area (Å²) in [5.74, 6) is 0.989. The van der Waals surface area contributed by atoms with Crippen molar-refractivity contribution in [2.45, 2.75) is 19.4 Å². The zero-order valence-corrected chi connectivity index (χ0v) is 14.0. The molecule has 0 saturated carbocycles. The first kappa shape index (κ1) is 16.0. The number of nitrogens with zero attached hydrogens (tertiary/aromatic N) is 3. The average Bonchev–Trinajstić information content (AvgIpc) is 2.63. The van der Waals surface area contributed by atoms with E-state index in [0.717, 1.165) is 23.4 Å². The Morgan fingerprint density at radius 2 is 2.08 bits per heavy atom. The zero-order chi connectivity index (χ0) is 17.4. The standard InChI is InChI=1S/C18H19FN4O2/c1-11-21-16-14(6-7-20-18(16)24)17(22-11)23-8-9-25-15(10-23)12-2-4-13(19)5-3-12/h2-5,15H,6-10H2,1H3,(H,20,24). The van der Waals surface area contributed by atoms with Crippen molar-refractivity contribution in [1.82, 2.24) is 15.3 Å². The lowest BCUT2D eigenvalue weighted by molar-refractivity contribution is 0.0394. The van der Waals surface area contributed by atoms with Gasteiger partial charge in [-0.1, -0.05) is 12.1 Å². The topological polar surface area (TPSA) is 67.3 Å². The molecule has 3 heterocycles. The Kier molecular flexibility index (Phi) is 4.09. The van der Waals surface area contributed by atoms with Gasteiger partial charge >= 0.3 is 0 Å². The van der Waals surface area contributed by atoms with Gasteiger partial charge in [-0.2, -0.15) is 0 Å². The fourth-order valence-electron chi connectivity index (χ4n) is 3.37. The van der Waals surface area contributed by atoms with Crippen molar-refractivity contribution in [3.05, 3.63) is 52.7 Å². The maximum absolute atomic E-state index is 13.2. The number of nitrogens with one attached hydrogen (secondary N) is 1. The van der Waals surface area contributed by atoms with E-state index in [1.165, 1.54) is 12.1 Å². The van der Waals surface area contributed by atoms with E-state index in [2.05, 4.69) is 20.2 Å². The Morgan fingerprint density at radius 3 is 2.88 bits per heavy atom. The van der Waals surface area contributed by atoms with Gasteiger partial charge in [0.25, 0.3) is 5.91 Å². The summed E-state index contributed by atoms with van der Waals surface area (Å²) < 4.78 is 19.0. The van der Waals surface area contributed by atoms with E-state index >= 15 is 0 Å². The van der Waals surface area contributed by atoms with Crippen molar-refractivity contribution < 1.29 is 13.9 Å². The highest BCUT2D eigenvalue weighted by Gasteiger charge is 2.29. The summed E-state index contributed by atoms with van der Waals surface area (Å²) in [5.41, 5.74) is 2.30. The molecule has 1 fully saturated rings. The number of hydrogen-bond donors (Lipinski definition) is 1. The maximum atomic E-state index is 13.2. The molecule has 1 aromatic heterocycles. The third-order valence-corrected chi connectivity index (χ3v) is 4.58. The van der Waals surface area contributed by atoms with Crippen LogP contribution in [0.3, 0.4) is 0 Å². The minimum atomic E-state index is -0.261. The number of hydrogen-bond acceptors (Lipinski definition) is 5. The van der Waals surface area contributed by atoms with E-state index < -0.39 is 0 Å². The zero-order valence-electron chi connectivity index (χ0n) is 14.0. The largest absolute Gasteiger partial charge is 0.370 e. The lowest BCUT2D eigenvalue weighted by Crippen LogP contribution is -2.41. The molecule has 6 nitrogen and oxygen atoms in total. The van der Waals surface area contributed by atoms with Crippen LogP contribution >= 0.6 is 0 Å². The predicted octanol–water partition coefficient (Wildman–Crippen LogP) is 1.79. The van der Waals surface area contributed by atoms with Crippen LogP contribution in [0.25, 0.3) is 0 Å². The van der Waals surface area contributed by atoms with E-state index in [-0.39, 0.29) is 17.8 Å². The fourth-order valence-corrected chi connectivity index (χ4v) is 3.37. The number of aryl methyl sites for hydroxylation is 1. The Morgan fingerprint density at radius 1 is 1.28 bits per heavy atom. The molecule has 2 aromatic rings. The van der Waals surface area contributed by atoms with Gasteiger partial charge in [0.05, 0.1) is 6.61 Å². The third kappa shape index (κ3) is 3.07. The van der Waals surface area contributed by atoms with Gasteiger partial charge in [0.15, 0.2) is 0 Å². The molecule has 25 heavy (non-hydrogen) atoms. The second kappa shape index (κ2) is 6.40. The normalized spacial score (nSPS) is 20.2. The van der Waals surface area contributed by atoms with Crippen LogP contribution in [0.5, 0.6) is 0 Å². The van der Waals surface area contributed by atoms with Crippen LogP contribution in [-0.4, -0.2) is 42.1 Å². The maximum Gasteiger partial charge on any atom is 0.270 e. The first-order valence-corrected chi connectivity index (χ1v) is 8.39. The van der Waals surface area contributed by atoms with Crippen LogP contribution in [0.2, 0.25) is 0 Å². The number of rotatable bonds is 2. The summed E-state index contributed by atoms with van der Waals surface area (Å²) in [5, 5.41) is 2.83. The second-order valence-electron chi connectivity index (χ2n) is 6.28. The van der Waals surface area contributed by atoms with Gasteiger partial charge in [-0.3, -0.25) is 4.79 Å².